The molecule has 3 rings (SSSR count). The lowest BCUT2D eigenvalue weighted by Crippen LogP contribution is -2.56. The van der Waals surface area contributed by atoms with Crippen LogP contribution in [0, 0.1) is 0 Å². The highest BCUT2D eigenvalue weighted by molar-refractivity contribution is 7.86. The van der Waals surface area contributed by atoms with Crippen LogP contribution in [0.5, 0.6) is 0 Å². The summed E-state index contributed by atoms with van der Waals surface area (Å²) in [5, 5.41) is 8.90. The first kappa shape index (κ1) is 25.4. The van der Waals surface area contributed by atoms with Gasteiger partial charge in [-0.25, -0.2) is 5.48 Å². The molecule has 184 valence electrons. The van der Waals surface area contributed by atoms with E-state index in [0.717, 1.165) is 22.8 Å². The SMILES string of the molecule is CCCCCN(CC(=O)NO)S(=O)(=O)N1CCCC1C(=O)N1CCN(c2ccccc2)CC1. The van der Waals surface area contributed by atoms with Gasteiger partial charge in [-0.1, -0.05) is 38.0 Å². The fourth-order valence-electron chi connectivity index (χ4n) is 4.46. The van der Waals surface area contributed by atoms with E-state index in [-0.39, 0.29) is 19.0 Å². The van der Waals surface area contributed by atoms with Crippen LogP contribution in [-0.2, 0) is 19.8 Å². The zero-order valence-electron chi connectivity index (χ0n) is 19.2. The van der Waals surface area contributed by atoms with E-state index < -0.39 is 28.7 Å². The molecule has 0 saturated carbocycles. The molecule has 2 saturated heterocycles. The Labute approximate surface area is 196 Å². The predicted molar refractivity (Wildman–Crippen MR) is 125 cm³/mol. The molecule has 10 nitrogen and oxygen atoms in total. The normalized spacial score (nSPS) is 19.8. The molecular formula is C22H35N5O5S. The molecule has 0 aromatic heterocycles. The average Bonchev–Trinajstić information content (AvgIpc) is 3.34. The van der Waals surface area contributed by atoms with Crippen LogP contribution in [0.2, 0.25) is 0 Å². The van der Waals surface area contributed by atoms with E-state index in [1.54, 1.807) is 4.90 Å². The highest BCUT2D eigenvalue weighted by Crippen LogP contribution is 2.26. The van der Waals surface area contributed by atoms with Crippen molar-refractivity contribution in [1.82, 2.24) is 19.0 Å². The number of unbranched alkanes of at least 4 members (excludes halogenated alkanes) is 2. The van der Waals surface area contributed by atoms with E-state index in [4.69, 9.17) is 5.21 Å². The molecule has 1 unspecified atom stereocenters. The van der Waals surface area contributed by atoms with E-state index in [2.05, 4.69) is 4.90 Å². The summed E-state index contributed by atoms with van der Waals surface area (Å²) in [6, 6.07) is 9.25. The maximum atomic E-state index is 13.4. The number of hydroxylamine groups is 1. The zero-order valence-corrected chi connectivity index (χ0v) is 20.0. The van der Waals surface area contributed by atoms with Crippen LogP contribution >= 0.6 is 0 Å². The number of nitrogens with zero attached hydrogens (tertiary/aromatic N) is 4. The third-order valence-corrected chi connectivity index (χ3v) is 8.27. The number of anilines is 1. The standard InChI is InChI=1S/C22H35N5O5S/c1-2-3-7-12-26(18-21(28)23-30)33(31,32)27-13-8-11-20(27)22(29)25-16-14-24(15-17-25)19-9-5-4-6-10-19/h4-6,9-10,20,30H,2-3,7-8,11-18H2,1H3,(H,23,28). The number of nitrogens with one attached hydrogen (secondary N) is 1. The van der Waals surface area contributed by atoms with Crippen LogP contribution in [0.4, 0.5) is 5.69 Å². The fraction of sp³-hybridized carbons (Fsp3) is 0.636. The van der Waals surface area contributed by atoms with Crippen molar-refractivity contribution in [3.05, 3.63) is 30.3 Å². The molecule has 33 heavy (non-hydrogen) atoms. The molecule has 11 heteroatoms. The van der Waals surface area contributed by atoms with Gasteiger partial charge in [0.25, 0.3) is 16.1 Å². The molecule has 2 aliphatic rings. The minimum atomic E-state index is -4.04. The van der Waals surface area contributed by atoms with Crippen molar-refractivity contribution in [3.63, 3.8) is 0 Å². The third kappa shape index (κ3) is 6.23. The molecule has 2 aliphatic heterocycles. The van der Waals surface area contributed by atoms with Gasteiger partial charge in [0.15, 0.2) is 0 Å². The van der Waals surface area contributed by atoms with Gasteiger partial charge in [-0.3, -0.25) is 14.8 Å². The minimum Gasteiger partial charge on any atom is -0.368 e. The van der Waals surface area contributed by atoms with Crippen LogP contribution in [0.3, 0.4) is 0 Å². The van der Waals surface area contributed by atoms with Gasteiger partial charge in [-0.05, 0) is 31.4 Å². The van der Waals surface area contributed by atoms with Crippen molar-refractivity contribution in [2.75, 3.05) is 50.7 Å². The Morgan fingerprint density at radius 1 is 1.09 bits per heavy atom. The Balaban J connectivity index is 1.67. The molecule has 0 bridgehead atoms. The van der Waals surface area contributed by atoms with E-state index in [9.17, 15) is 18.0 Å². The lowest BCUT2D eigenvalue weighted by atomic mass is 10.1. The summed E-state index contributed by atoms with van der Waals surface area (Å²) in [5.41, 5.74) is 2.62. The Bertz CT molecular complexity index is 890. The predicted octanol–water partition coefficient (Wildman–Crippen LogP) is 1.04. The second-order valence-electron chi connectivity index (χ2n) is 8.50. The molecule has 2 fully saturated rings. The second kappa shape index (κ2) is 11.8. The van der Waals surface area contributed by atoms with Gasteiger partial charge in [-0.15, -0.1) is 0 Å². The van der Waals surface area contributed by atoms with Crippen molar-refractivity contribution in [2.24, 2.45) is 0 Å². The number of carbonyl (C=O) groups excluding carboxylic acids is 2. The molecule has 2 amide bonds. The van der Waals surface area contributed by atoms with Crippen molar-refractivity contribution in [2.45, 2.75) is 45.1 Å². The smallest absolute Gasteiger partial charge is 0.283 e. The molecule has 1 aromatic carbocycles. The number of rotatable bonds is 10. The summed E-state index contributed by atoms with van der Waals surface area (Å²) in [4.78, 5) is 29.1. The number of para-hydroxylation sites is 1. The van der Waals surface area contributed by atoms with Crippen molar-refractivity contribution >= 4 is 27.7 Å². The molecule has 2 heterocycles. The van der Waals surface area contributed by atoms with Crippen LogP contribution < -0.4 is 10.4 Å². The molecule has 2 N–H and O–H groups in total. The first-order valence-corrected chi connectivity index (χ1v) is 13.1. The first-order chi connectivity index (χ1) is 15.9. The summed E-state index contributed by atoms with van der Waals surface area (Å²) >= 11 is 0. The molecule has 1 atom stereocenters. The third-order valence-electron chi connectivity index (χ3n) is 6.28. The van der Waals surface area contributed by atoms with Crippen LogP contribution in [0.15, 0.2) is 30.3 Å². The lowest BCUT2D eigenvalue weighted by Gasteiger charge is -2.38. The maximum Gasteiger partial charge on any atom is 0.283 e. The highest BCUT2D eigenvalue weighted by Gasteiger charge is 2.43. The average molecular weight is 482 g/mol. The molecule has 0 aliphatic carbocycles. The largest absolute Gasteiger partial charge is 0.368 e. The van der Waals surface area contributed by atoms with Crippen molar-refractivity contribution in [1.29, 1.82) is 0 Å². The number of hydrogen-bond acceptors (Lipinski definition) is 6. The lowest BCUT2D eigenvalue weighted by molar-refractivity contribution is -0.135. The Hall–Kier alpha value is -2.21. The molecule has 0 spiro atoms. The minimum absolute atomic E-state index is 0.163. The Kier molecular flexibility index (Phi) is 9.07. The van der Waals surface area contributed by atoms with E-state index >= 15 is 0 Å². The van der Waals surface area contributed by atoms with Gasteiger partial charge in [0.1, 0.15) is 6.04 Å². The number of carbonyl (C=O) groups is 2. The van der Waals surface area contributed by atoms with Crippen molar-refractivity contribution < 1.29 is 23.2 Å². The van der Waals surface area contributed by atoms with Gasteiger partial charge >= 0.3 is 0 Å². The summed E-state index contributed by atoms with van der Waals surface area (Å²) in [6.07, 6.45) is 3.38. The quantitative estimate of drug-likeness (QED) is 0.293. The highest BCUT2D eigenvalue weighted by atomic mass is 32.2. The fourth-order valence-corrected chi connectivity index (χ4v) is 6.27. The summed E-state index contributed by atoms with van der Waals surface area (Å²) in [5.74, 6) is -0.974. The van der Waals surface area contributed by atoms with Crippen LogP contribution in [-0.4, -0.2) is 90.8 Å². The summed E-state index contributed by atoms with van der Waals surface area (Å²) < 4.78 is 29.2. The number of piperazine rings is 1. The van der Waals surface area contributed by atoms with Gasteiger partial charge in [0.2, 0.25) is 5.91 Å². The molecule has 1 aromatic rings. The number of amides is 2. The summed E-state index contributed by atoms with van der Waals surface area (Å²) in [6.45, 7) is 4.38. The first-order valence-electron chi connectivity index (χ1n) is 11.7. The van der Waals surface area contributed by atoms with Gasteiger partial charge in [-0.2, -0.15) is 17.0 Å². The van der Waals surface area contributed by atoms with E-state index in [0.29, 0.717) is 45.4 Å². The monoisotopic (exact) mass is 481 g/mol. The Morgan fingerprint density at radius 2 is 1.79 bits per heavy atom. The Morgan fingerprint density at radius 3 is 2.42 bits per heavy atom. The number of hydrogen-bond donors (Lipinski definition) is 2. The summed E-state index contributed by atoms with van der Waals surface area (Å²) in [7, 11) is -4.04. The van der Waals surface area contributed by atoms with Crippen molar-refractivity contribution in [3.8, 4) is 0 Å². The van der Waals surface area contributed by atoms with Crippen LogP contribution in [0.1, 0.15) is 39.0 Å². The second-order valence-corrected chi connectivity index (χ2v) is 10.4. The van der Waals surface area contributed by atoms with Crippen LogP contribution in [0.25, 0.3) is 0 Å². The maximum absolute atomic E-state index is 13.4. The van der Waals surface area contributed by atoms with Gasteiger partial charge in [0, 0.05) is 45.0 Å². The molecular weight excluding hydrogens is 446 g/mol. The molecule has 0 radical (unpaired) electrons. The van der Waals surface area contributed by atoms with E-state index in [1.165, 1.54) is 9.79 Å². The van der Waals surface area contributed by atoms with Gasteiger partial charge < -0.3 is 9.80 Å². The van der Waals surface area contributed by atoms with E-state index in [1.807, 2.05) is 37.3 Å². The topological polar surface area (TPSA) is 114 Å². The van der Waals surface area contributed by atoms with Gasteiger partial charge in [0.05, 0.1) is 6.54 Å². The number of benzene rings is 1. The zero-order chi connectivity index (χ0) is 23.8.